The molecule has 0 fully saturated rings. The van der Waals surface area contributed by atoms with Gasteiger partial charge in [0.15, 0.2) is 5.65 Å². The van der Waals surface area contributed by atoms with E-state index in [1.807, 2.05) is 60.6 Å². The summed E-state index contributed by atoms with van der Waals surface area (Å²) in [5, 5.41) is 14.0. The van der Waals surface area contributed by atoms with Crippen LogP contribution in [0.4, 0.5) is 5.82 Å². The molecule has 0 aliphatic rings. The first-order valence-corrected chi connectivity index (χ1v) is 7.88. The molecule has 1 aromatic carbocycles. The Bertz CT molecular complexity index is 856. The topological polar surface area (TPSA) is 62.9 Å². The first-order valence-electron chi connectivity index (χ1n) is 7.88. The van der Waals surface area contributed by atoms with Crippen LogP contribution < -0.4 is 9.64 Å². The molecule has 1 N–H and O–H groups in total. The van der Waals surface area contributed by atoms with E-state index in [-0.39, 0.29) is 6.61 Å². The Morgan fingerprint density at radius 2 is 1.92 bits per heavy atom. The van der Waals surface area contributed by atoms with Crippen molar-refractivity contribution in [2.24, 2.45) is 0 Å². The number of aromatic nitrogens is 3. The van der Waals surface area contributed by atoms with Crippen molar-refractivity contribution >= 4 is 11.5 Å². The van der Waals surface area contributed by atoms with Gasteiger partial charge in [0.1, 0.15) is 11.6 Å². The van der Waals surface area contributed by atoms with Gasteiger partial charge >= 0.3 is 0 Å². The summed E-state index contributed by atoms with van der Waals surface area (Å²) >= 11 is 0. The number of methoxy groups -OCH3 is 1. The van der Waals surface area contributed by atoms with Gasteiger partial charge in [0, 0.05) is 36.5 Å². The van der Waals surface area contributed by atoms with Crippen LogP contribution in [0.1, 0.15) is 11.3 Å². The molecule has 0 saturated heterocycles. The van der Waals surface area contributed by atoms with Crippen LogP contribution in [0.3, 0.4) is 0 Å². The lowest BCUT2D eigenvalue weighted by Gasteiger charge is -2.21. The Morgan fingerprint density at radius 1 is 1.21 bits per heavy atom. The van der Waals surface area contributed by atoms with Crippen molar-refractivity contribution in [2.45, 2.75) is 13.8 Å². The standard InChI is InChI=1S/C18H22N4O2/c1-12-13(2)19-17-11-16(14-5-7-15(24-4)8-6-14)20-22(17)18(12)21(3)9-10-23/h5-8,11,23H,9-10H2,1-4H3. The third kappa shape index (κ3) is 2.80. The van der Waals surface area contributed by atoms with Gasteiger partial charge < -0.3 is 14.7 Å². The molecule has 2 aromatic heterocycles. The van der Waals surface area contributed by atoms with Gasteiger partial charge in [-0.25, -0.2) is 4.98 Å². The maximum absolute atomic E-state index is 9.26. The lowest BCUT2D eigenvalue weighted by atomic mass is 10.1. The number of anilines is 1. The maximum Gasteiger partial charge on any atom is 0.158 e. The quantitative estimate of drug-likeness (QED) is 0.780. The van der Waals surface area contributed by atoms with Gasteiger partial charge in [-0.15, -0.1) is 0 Å². The Labute approximate surface area is 141 Å². The Hall–Kier alpha value is -2.60. The van der Waals surface area contributed by atoms with Crippen LogP contribution in [0, 0.1) is 13.8 Å². The van der Waals surface area contributed by atoms with E-state index in [9.17, 15) is 5.11 Å². The predicted octanol–water partition coefficient (Wildman–Crippen LogP) is 2.45. The van der Waals surface area contributed by atoms with Crippen molar-refractivity contribution in [1.29, 1.82) is 0 Å². The number of benzene rings is 1. The molecule has 0 amide bonds. The second-order valence-corrected chi connectivity index (χ2v) is 5.82. The summed E-state index contributed by atoms with van der Waals surface area (Å²) in [6.07, 6.45) is 0. The number of aryl methyl sites for hydroxylation is 1. The fourth-order valence-electron chi connectivity index (χ4n) is 2.79. The van der Waals surface area contributed by atoms with E-state index < -0.39 is 0 Å². The molecule has 0 bridgehead atoms. The SMILES string of the molecule is COc1ccc(-c2cc3nc(C)c(C)c(N(C)CCO)n3n2)cc1. The number of hydrogen-bond donors (Lipinski definition) is 1. The van der Waals surface area contributed by atoms with Crippen LogP contribution in [0.15, 0.2) is 30.3 Å². The van der Waals surface area contributed by atoms with Crippen molar-refractivity contribution in [2.75, 3.05) is 32.2 Å². The summed E-state index contributed by atoms with van der Waals surface area (Å²) in [5.41, 5.74) is 4.68. The predicted molar refractivity (Wildman–Crippen MR) is 94.8 cm³/mol. The molecule has 3 rings (SSSR count). The largest absolute Gasteiger partial charge is 0.497 e. The van der Waals surface area contributed by atoms with Gasteiger partial charge in [-0.2, -0.15) is 9.61 Å². The van der Waals surface area contributed by atoms with Crippen LogP contribution in [0.25, 0.3) is 16.9 Å². The van der Waals surface area contributed by atoms with Crippen molar-refractivity contribution in [3.05, 3.63) is 41.6 Å². The van der Waals surface area contributed by atoms with Gasteiger partial charge in [0.25, 0.3) is 0 Å². The van der Waals surface area contributed by atoms with E-state index in [1.165, 1.54) is 0 Å². The lowest BCUT2D eigenvalue weighted by molar-refractivity contribution is 0.303. The van der Waals surface area contributed by atoms with Crippen molar-refractivity contribution in [1.82, 2.24) is 14.6 Å². The molecule has 3 aromatic rings. The van der Waals surface area contributed by atoms with Gasteiger partial charge in [-0.1, -0.05) is 0 Å². The van der Waals surface area contributed by atoms with Crippen molar-refractivity contribution in [3.8, 4) is 17.0 Å². The third-order valence-corrected chi connectivity index (χ3v) is 4.23. The summed E-state index contributed by atoms with van der Waals surface area (Å²) in [6.45, 7) is 4.65. The molecule has 24 heavy (non-hydrogen) atoms. The molecular weight excluding hydrogens is 304 g/mol. The normalized spacial score (nSPS) is 11.0. The molecule has 6 nitrogen and oxygen atoms in total. The lowest BCUT2D eigenvalue weighted by Crippen LogP contribution is -2.25. The number of rotatable bonds is 5. The molecule has 0 spiro atoms. The molecule has 0 unspecified atom stereocenters. The average molecular weight is 326 g/mol. The second-order valence-electron chi connectivity index (χ2n) is 5.82. The summed E-state index contributed by atoms with van der Waals surface area (Å²) in [4.78, 5) is 6.65. The number of aliphatic hydroxyl groups is 1. The van der Waals surface area contributed by atoms with Crippen LogP contribution in [-0.2, 0) is 0 Å². The fourth-order valence-corrected chi connectivity index (χ4v) is 2.79. The highest BCUT2D eigenvalue weighted by Crippen LogP contribution is 2.27. The van der Waals surface area contributed by atoms with Gasteiger partial charge in [-0.3, -0.25) is 0 Å². The maximum atomic E-state index is 9.26. The molecule has 0 atom stereocenters. The zero-order valence-electron chi connectivity index (χ0n) is 14.4. The minimum absolute atomic E-state index is 0.0887. The van der Waals surface area contributed by atoms with E-state index >= 15 is 0 Å². The van der Waals surface area contributed by atoms with E-state index in [0.29, 0.717) is 6.54 Å². The molecule has 6 heteroatoms. The van der Waals surface area contributed by atoms with E-state index in [2.05, 4.69) is 4.98 Å². The summed E-state index contributed by atoms with van der Waals surface area (Å²) < 4.78 is 7.05. The first kappa shape index (κ1) is 16.3. The number of likely N-dealkylation sites (N-methyl/N-ethyl adjacent to an activating group) is 1. The van der Waals surface area contributed by atoms with Gasteiger partial charge in [0.05, 0.1) is 19.4 Å². The van der Waals surface area contributed by atoms with E-state index in [4.69, 9.17) is 9.84 Å². The summed E-state index contributed by atoms with van der Waals surface area (Å²) in [5.74, 6) is 1.77. The minimum Gasteiger partial charge on any atom is -0.497 e. The van der Waals surface area contributed by atoms with E-state index in [0.717, 1.165) is 39.7 Å². The van der Waals surface area contributed by atoms with Crippen LogP contribution in [0.5, 0.6) is 5.75 Å². The number of nitrogens with zero attached hydrogens (tertiary/aromatic N) is 4. The zero-order chi connectivity index (χ0) is 17.3. The number of fused-ring (bicyclic) bond motifs is 1. The van der Waals surface area contributed by atoms with Crippen LogP contribution in [-0.4, -0.2) is 47.0 Å². The summed E-state index contributed by atoms with van der Waals surface area (Å²) in [7, 11) is 3.60. The molecule has 0 aliphatic heterocycles. The Balaban J connectivity index is 2.14. The van der Waals surface area contributed by atoms with Crippen molar-refractivity contribution in [3.63, 3.8) is 0 Å². The first-order chi connectivity index (χ1) is 11.5. The molecule has 126 valence electrons. The molecule has 0 radical (unpaired) electrons. The van der Waals surface area contributed by atoms with Crippen molar-refractivity contribution < 1.29 is 9.84 Å². The fraction of sp³-hybridized carbons (Fsp3) is 0.333. The minimum atomic E-state index is 0.0887. The summed E-state index contributed by atoms with van der Waals surface area (Å²) in [6, 6.07) is 9.78. The number of hydrogen-bond acceptors (Lipinski definition) is 5. The smallest absolute Gasteiger partial charge is 0.158 e. The number of aliphatic hydroxyl groups excluding tert-OH is 1. The average Bonchev–Trinajstić information content (AvgIpc) is 2.99. The zero-order valence-corrected chi connectivity index (χ0v) is 14.4. The Kier molecular flexibility index (Phi) is 4.40. The second kappa shape index (κ2) is 6.49. The Morgan fingerprint density at radius 3 is 2.54 bits per heavy atom. The molecular formula is C18H22N4O2. The van der Waals surface area contributed by atoms with Gasteiger partial charge in [-0.05, 0) is 38.1 Å². The monoisotopic (exact) mass is 326 g/mol. The highest BCUT2D eigenvalue weighted by atomic mass is 16.5. The van der Waals surface area contributed by atoms with E-state index in [1.54, 1.807) is 7.11 Å². The highest BCUT2D eigenvalue weighted by molar-refractivity contribution is 5.67. The van der Waals surface area contributed by atoms with Crippen LogP contribution in [0.2, 0.25) is 0 Å². The molecule has 2 heterocycles. The highest BCUT2D eigenvalue weighted by Gasteiger charge is 2.16. The molecule has 0 saturated carbocycles. The van der Waals surface area contributed by atoms with Crippen LogP contribution >= 0.6 is 0 Å². The molecule has 0 aliphatic carbocycles. The number of ether oxygens (including phenoxy) is 1. The van der Waals surface area contributed by atoms with Gasteiger partial charge in [0.2, 0.25) is 0 Å². The third-order valence-electron chi connectivity index (χ3n) is 4.23.